The summed E-state index contributed by atoms with van der Waals surface area (Å²) < 4.78 is 4.43. The molecule has 0 spiro atoms. The van der Waals surface area contributed by atoms with Gasteiger partial charge in [0.25, 0.3) is 0 Å². The average Bonchev–Trinajstić information content (AvgIpc) is 2.39. The standard InChI is InChI=1S/C11H20N2O5S/c1-13(6-7-19-3)11(17)12-8(10(15)16)4-5-9(14)18-2/h8H,4-7H2,1-3H3,(H,12,17)(H,15,16)/t8-/m1/s1. The maximum Gasteiger partial charge on any atom is 0.326 e. The molecule has 7 nitrogen and oxygen atoms in total. The van der Waals surface area contributed by atoms with E-state index in [0.29, 0.717) is 6.54 Å². The van der Waals surface area contributed by atoms with Crippen LogP contribution in [-0.4, -0.2) is 66.7 Å². The Hall–Kier alpha value is -1.44. The number of carboxylic acid groups (broad SMARTS) is 1. The van der Waals surface area contributed by atoms with Gasteiger partial charge < -0.3 is 20.1 Å². The molecule has 0 saturated carbocycles. The number of carbonyl (C=O) groups is 3. The zero-order valence-corrected chi connectivity index (χ0v) is 12.2. The van der Waals surface area contributed by atoms with Crippen LogP contribution in [0.25, 0.3) is 0 Å². The number of amides is 2. The van der Waals surface area contributed by atoms with Crippen LogP contribution in [0.15, 0.2) is 0 Å². The van der Waals surface area contributed by atoms with Gasteiger partial charge in [-0.15, -0.1) is 0 Å². The number of nitrogens with zero attached hydrogens (tertiary/aromatic N) is 1. The van der Waals surface area contributed by atoms with E-state index in [0.717, 1.165) is 5.75 Å². The van der Waals surface area contributed by atoms with Crippen molar-refractivity contribution in [1.29, 1.82) is 0 Å². The highest BCUT2D eigenvalue weighted by atomic mass is 32.2. The molecule has 0 heterocycles. The minimum absolute atomic E-state index is 0.00408. The smallest absolute Gasteiger partial charge is 0.326 e. The number of aliphatic carboxylic acids is 1. The molecule has 1 atom stereocenters. The van der Waals surface area contributed by atoms with E-state index in [9.17, 15) is 14.4 Å². The summed E-state index contributed by atoms with van der Waals surface area (Å²) in [6.07, 6.45) is 1.87. The first-order valence-electron chi connectivity index (χ1n) is 5.72. The minimum Gasteiger partial charge on any atom is -0.480 e. The van der Waals surface area contributed by atoms with Gasteiger partial charge in [-0.25, -0.2) is 9.59 Å². The lowest BCUT2D eigenvalue weighted by molar-refractivity contribution is -0.142. The third-order valence-corrected chi connectivity index (χ3v) is 3.03. The molecule has 2 N–H and O–H groups in total. The molecular weight excluding hydrogens is 272 g/mol. The Morgan fingerprint density at radius 3 is 2.53 bits per heavy atom. The van der Waals surface area contributed by atoms with Crippen molar-refractivity contribution in [3.05, 3.63) is 0 Å². The second-order valence-electron chi connectivity index (χ2n) is 3.87. The molecule has 0 fully saturated rings. The predicted molar refractivity (Wildman–Crippen MR) is 72.2 cm³/mol. The molecule has 0 unspecified atom stereocenters. The molecular formula is C11H20N2O5S. The van der Waals surface area contributed by atoms with Gasteiger partial charge in [-0.05, 0) is 12.7 Å². The van der Waals surface area contributed by atoms with E-state index in [1.54, 1.807) is 18.8 Å². The van der Waals surface area contributed by atoms with Gasteiger partial charge in [0.15, 0.2) is 0 Å². The predicted octanol–water partition coefficient (Wildman–Crippen LogP) is 0.397. The first-order valence-corrected chi connectivity index (χ1v) is 7.12. The summed E-state index contributed by atoms with van der Waals surface area (Å²) >= 11 is 1.59. The topological polar surface area (TPSA) is 95.9 Å². The summed E-state index contributed by atoms with van der Waals surface area (Å²) in [7, 11) is 2.82. The fourth-order valence-corrected chi connectivity index (χ4v) is 1.67. The van der Waals surface area contributed by atoms with E-state index in [1.165, 1.54) is 12.0 Å². The summed E-state index contributed by atoms with van der Waals surface area (Å²) in [5.41, 5.74) is 0. The molecule has 0 aromatic rings. The van der Waals surface area contributed by atoms with Crippen molar-refractivity contribution in [3.8, 4) is 0 Å². The molecule has 0 radical (unpaired) electrons. The van der Waals surface area contributed by atoms with Gasteiger partial charge in [0, 0.05) is 25.8 Å². The molecule has 0 aromatic carbocycles. The number of methoxy groups -OCH3 is 1. The zero-order valence-electron chi connectivity index (χ0n) is 11.3. The molecule has 2 amide bonds. The van der Waals surface area contributed by atoms with Crippen molar-refractivity contribution >= 4 is 29.7 Å². The van der Waals surface area contributed by atoms with Crippen LogP contribution in [0.1, 0.15) is 12.8 Å². The molecule has 0 aliphatic rings. The van der Waals surface area contributed by atoms with Crippen LogP contribution in [0.2, 0.25) is 0 Å². The van der Waals surface area contributed by atoms with E-state index in [-0.39, 0.29) is 12.8 Å². The average molecular weight is 292 g/mol. The second kappa shape index (κ2) is 9.48. The van der Waals surface area contributed by atoms with Crippen molar-refractivity contribution in [2.75, 3.05) is 32.7 Å². The number of hydrogen-bond acceptors (Lipinski definition) is 5. The maximum atomic E-state index is 11.7. The molecule has 0 aliphatic carbocycles. The third-order valence-electron chi connectivity index (χ3n) is 2.44. The summed E-state index contributed by atoms with van der Waals surface area (Å²) in [5, 5.41) is 11.4. The van der Waals surface area contributed by atoms with Gasteiger partial charge in [-0.1, -0.05) is 0 Å². The molecule has 0 aliphatic heterocycles. The summed E-state index contributed by atoms with van der Waals surface area (Å²) in [6.45, 7) is 0.524. The quantitative estimate of drug-likeness (QED) is 0.629. The number of nitrogens with one attached hydrogen (secondary N) is 1. The van der Waals surface area contributed by atoms with Gasteiger partial charge in [0.2, 0.25) is 0 Å². The highest BCUT2D eigenvalue weighted by Crippen LogP contribution is 2.01. The zero-order chi connectivity index (χ0) is 14.8. The summed E-state index contributed by atoms with van der Waals surface area (Å²) in [6, 6.07) is -1.56. The Labute approximate surface area is 116 Å². The van der Waals surface area contributed by atoms with E-state index in [1.807, 2.05) is 6.26 Å². The van der Waals surface area contributed by atoms with Crippen LogP contribution < -0.4 is 5.32 Å². The number of urea groups is 1. The van der Waals surface area contributed by atoms with Crippen LogP contribution in [0.3, 0.4) is 0 Å². The van der Waals surface area contributed by atoms with Gasteiger partial charge in [0.1, 0.15) is 6.04 Å². The molecule has 110 valence electrons. The normalized spacial score (nSPS) is 11.5. The number of ether oxygens (including phenoxy) is 1. The highest BCUT2D eigenvalue weighted by Gasteiger charge is 2.22. The highest BCUT2D eigenvalue weighted by molar-refractivity contribution is 7.98. The number of carboxylic acids is 1. The van der Waals surface area contributed by atoms with Gasteiger partial charge in [-0.3, -0.25) is 4.79 Å². The Morgan fingerprint density at radius 2 is 2.05 bits per heavy atom. The van der Waals surface area contributed by atoms with E-state index >= 15 is 0 Å². The molecule has 0 aromatic heterocycles. The Balaban J connectivity index is 4.29. The van der Waals surface area contributed by atoms with Crippen LogP contribution in [0.5, 0.6) is 0 Å². The SMILES string of the molecule is COC(=O)CC[C@@H](NC(=O)N(C)CCSC)C(=O)O. The van der Waals surface area contributed by atoms with Crippen molar-refractivity contribution in [2.24, 2.45) is 0 Å². The Bertz CT molecular complexity index is 324. The first kappa shape index (κ1) is 17.6. The number of esters is 1. The Kier molecular flexibility index (Phi) is 8.77. The second-order valence-corrected chi connectivity index (χ2v) is 4.86. The summed E-state index contributed by atoms with van der Waals surface area (Å²) in [4.78, 5) is 35.1. The lowest BCUT2D eigenvalue weighted by Gasteiger charge is -2.20. The molecule has 0 saturated heterocycles. The van der Waals surface area contributed by atoms with E-state index in [2.05, 4.69) is 10.1 Å². The van der Waals surface area contributed by atoms with Gasteiger partial charge >= 0.3 is 18.0 Å². The minimum atomic E-state index is -1.17. The monoisotopic (exact) mass is 292 g/mol. The van der Waals surface area contributed by atoms with Crippen molar-refractivity contribution in [1.82, 2.24) is 10.2 Å². The fourth-order valence-electron chi connectivity index (χ4n) is 1.21. The van der Waals surface area contributed by atoms with E-state index < -0.39 is 24.0 Å². The third kappa shape index (κ3) is 7.55. The number of carbonyl (C=O) groups excluding carboxylic acids is 2. The van der Waals surface area contributed by atoms with Crippen molar-refractivity contribution in [3.63, 3.8) is 0 Å². The van der Waals surface area contributed by atoms with Gasteiger partial charge in [-0.2, -0.15) is 11.8 Å². The van der Waals surface area contributed by atoms with Crippen molar-refractivity contribution in [2.45, 2.75) is 18.9 Å². The van der Waals surface area contributed by atoms with Crippen LogP contribution in [0, 0.1) is 0 Å². The van der Waals surface area contributed by atoms with E-state index in [4.69, 9.17) is 5.11 Å². The fraction of sp³-hybridized carbons (Fsp3) is 0.727. The number of thioether (sulfide) groups is 1. The largest absolute Gasteiger partial charge is 0.480 e. The number of rotatable bonds is 8. The summed E-state index contributed by atoms with van der Waals surface area (Å²) in [5.74, 6) is -0.907. The number of hydrogen-bond donors (Lipinski definition) is 2. The van der Waals surface area contributed by atoms with Crippen LogP contribution in [-0.2, 0) is 14.3 Å². The lowest BCUT2D eigenvalue weighted by Crippen LogP contribution is -2.47. The molecule has 0 bridgehead atoms. The first-order chi connectivity index (χ1) is 8.92. The molecule has 0 rings (SSSR count). The molecule has 8 heteroatoms. The van der Waals surface area contributed by atoms with Gasteiger partial charge in [0.05, 0.1) is 7.11 Å². The Morgan fingerprint density at radius 1 is 1.42 bits per heavy atom. The van der Waals surface area contributed by atoms with Crippen molar-refractivity contribution < 1.29 is 24.2 Å². The lowest BCUT2D eigenvalue weighted by atomic mass is 10.1. The van der Waals surface area contributed by atoms with Crippen LogP contribution in [0.4, 0.5) is 4.79 Å². The van der Waals surface area contributed by atoms with Crippen LogP contribution >= 0.6 is 11.8 Å². The molecule has 19 heavy (non-hydrogen) atoms. The maximum absolute atomic E-state index is 11.7.